The summed E-state index contributed by atoms with van der Waals surface area (Å²) in [7, 11) is 0. The second-order valence-corrected chi connectivity index (χ2v) is 7.93. The van der Waals surface area contributed by atoms with Crippen LogP contribution in [0.2, 0.25) is 0 Å². The highest BCUT2D eigenvalue weighted by atomic mass is 16.6. The predicted molar refractivity (Wildman–Crippen MR) is 104 cm³/mol. The Kier molecular flexibility index (Phi) is 5.38. The highest BCUT2D eigenvalue weighted by Gasteiger charge is 2.58. The van der Waals surface area contributed by atoms with Crippen LogP contribution in [-0.4, -0.2) is 88.9 Å². The van der Waals surface area contributed by atoms with Gasteiger partial charge in [-0.3, -0.25) is 4.79 Å². The maximum absolute atomic E-state index is 13.1. The summed E-state index contributed by atoms with van der Waals surface area (Å²) in [4.78, 5) is 13.1. The third-order valence-electron chi connectivity index (χ3n) is 6.04. The van der Waals surface area contributed by atoms with Crippen LogP contribution >= 0.6 is 0 Å². The number of ketones is 1. The van der Waals surface area contributed by atoms with Gasteiger partial charge < -0.3 is 50.7 Å². The van der Waals surface area contributed by atoms with Gasteiger partial charge in [0.15, 0.2) is 0 Å². The molecule has 0 radical (unpaired) electrons. The average Bonchev–Trinajstić information content (AvgIpc) is 2.75. The lowest BCUT2D eigenvalue weighted by molar-refractivity contribution is -0.265. The number of aliphatic hydroxyl groups excluding tert-OH is 5. The lowest BCUT2D eigenvalue weighted by atomic mass is 9.68. The van der Waals surface area contributed by atoms with Gasteiger partial charge in [-0.05, 0) is 23.8 Å². The molecule has 11 heteroatoms. The van der Waals surface area contributed by atoms with Gasteiger partial charge in [0.1, 0.15) is 53.4 Å². The highest BCUT2D eigenvalue weighted by molar-refractivity contribution is 6.16. The van der Waals surface area contributed by atoms with E-state index in [2.05, 4.69) is 0 Å². The van der Waals surface area contributed by atoms with E-state index in [4.69, 9.17) is 4.74 Å². The van der Waals surface area contributed by atoms with Gasteiger partial charge in [-0.15, -0.1) is 0 Å². The molecule has 1 fully saturated rings. The van der Waals surface area contributed by atoms with Crippen molar-refractivity contribution in [1.82, 2.24) is 0 Å². The molecule has 4 rings (SSSR count). The van der Waals surface area contributed by atoms with E-state index in [-0.39, 0.29) is 11.1 Å². The van der Waals surface area contributed by atoms with Gasteiger partial charge in [-0.25, -0.2) is 0 Å². The summed E-state index contributed by atoms with van der Waals surface area (Å²) >= 11 is 0. The van der Waals surface area contributed by atoms with Crippen LogP contribution in [0.25, 0.3) is 0 Å². The molecule has 0 spiro atoms. The first kappa shape index (κ1) is 22.4. The molecular formula is C21H22O11. The van der Waals surface area contributed by atoms with Crippen molar-refractivity contribution in [2.24, 2.45) is 0 Å². The molecule has 0 aromatic heterocycles. The topological polar surface area (TPSA) is 208 Å². The number of phenolic OH excluding ortho intramolecular Hbond substituents is 3. The van der Waals surface area contributed by atoms with Crippen molar-refractivity contribution in [1.29, 1.82) is 0 Å². The summed E-state index contributed by atoms with van der Waals surface area (Å²) in [5.74, 6) is -2.84. The van der Waals surface area contributed by atoms with Gasteiger partial charge in [0.05, 0.1) is 24.3 Å². The number of hydrogen-bond donors (Lipinski definition) is 9. The summed E-state index contributed by atoms with van der Waals surface area (Å²) in [5.41, 5.74) is -4.23. The first-order valence-corrected chi connectivity index (χ1v) is 9.67. The van der Waals surface area contributed by atoms with Crippen LogP contribution in [0.4, 0.5) is 0 Å². The van der Waals surface area contributed by atoms with Gasteiger partial charge in [-0.1, -0.05) is 0 Å². The minimum absolute atomic E-state index is 0.0740. The number of aliphatic hydroxyl groups is 6. The van der Waals surface area contributed by atoms with Crippen LogP contribution < -0.4 is 0 Å². The third-order valence-corrected chi connectivity index (χ3v) is 6.04. The maximum Gasteiger partial charge on any atom is 0.201 e. The van der Waals surface area contributed by atoms with Crippen LogP contribution in [0.1, 0.15) is 32.6 Å². The molecule has 1 saturated heterocycles. The molecule has 172 valence electrons. The Morgan fingerprint density at radius 1 is 0.844 bits per heavy atom. The van der Waals surface area contributed by atoms with Crippen LogP contribution in [0.3, 0.4) is 0 Å². The molecule has 2 aliphatic rings. The normalized spacial score (nSPS) is 31.8. The molecule has 1 heterocycles. The Morgan fingerprint density at radius 2 is 1.44 bits per heavy atom. The smallest absolute Gasteiger partial charge is 0.201 e. The summed E-state index contributed by atoms with van der Waals surface area (Å²) in [6.45, 7) is -1.40. The van der Waals surface area contributed by atoms with E-state index in [0.29, 0.717) is 0 Å². The van der Waals surface area contributed by atoms with E-state index in [1.54, 1.807) is 0 Å². The number of hydrogen-bond acceptors (Lipinski definition) is 11. The van der Waals surface area contributed by atoms with Gasteiger partial charge in [0, 0.05) is 17.2 Å². The Balaban J connectivity index is 2.06. The lowest BCUT2D eigenvalue weighted by Crippen LogP contribution is -2.65. The Morgan fingerprint density at radius 3 is 2.03 bits per heavy atom. The number of carbonyl (C=O) groups is 1. The summed E-state index contributed by atoms with van der Waals surface area (Å²) in [6.07, 6.45) is -8.88. The fourth-order valence-electron chi connectivity index (χ4n) is 4.49. The number of carbonyl (C=O) groups excluding carboxylic acids is 1. The third kappa shape index (κ3) is 2.98. The van der Waals surface area contributed by atoms with E-state index in [9.17, 15) is 50.8 Å². The summed E-state index contributed by atoms with van der Waals surface area (Å²) in [5, 5.41) is 93.1. The van der Waals surface area contributed by atoms with E-state index >= 15 is 0 Å². The molecule has 32 heavy (non-hydrogen) atoms. The first-order valence-electron chi connectivity index (χ1n) is 9.67. The summed E-state index contributed by atoms with van der Waals surface area (Å²) < 4.78 is 5.54. The van der Waals surface area contributed by atoms with Crippen LogP contribution in [0, 0.1) is 0 Å². The van der Waals surface area contributed by atoms with E-state index in [1.807, 2.05) is 0 Å². The van der Waals surface area contributed by atoms with Gasteiger partial charge in [0.25, 0.3) is 0 Å². The second-order valence-electron chi connectivity index (χ2n) is 7.93. The monoisotopic (exact) mass is 450 g/mol. The quantitative estimate of drug-likeness (QED) is 0.248. The molecular weight excluding hydrogens is 428 g/mol. The van der Waals surface area contributed by atoms with Gasteiger partial charge >= 0.3 is 0 Å². The minimum Gasteiger partial charge on any atom is -0.508 e. The molecule has 6 unspecified atom stereocenters. The zero-order chi connectivity index (χ0) is 23.5. The van der Waals surface area contributed by atoms with Crippen molar-refractivity contribution in [2.45, 2.75) is 42.7 Å². The fraction of sp³-hybridized carbons (Fsp3) is 0.381. The van der Waals surface area contributed by atoms with Crippen LogP contribution in [0.5, 0.6) is 17.2 Å². The van der Waals surface area contributed by atoms with Crippen molar-refractivity contribution in [3.63, 3.8) is 0 Å². The van der Waals surface area contributed by atoms with Crippen molar-refractivity contribution in [2.75, 3.05) is 6.61 Å². The van der Waals surface area contributed by atoms with Crippen molar-refractivity contribution >= 4 is 5.78 Å². The zero-order valence-corrected chi connectivity index (χ0v) is 16.5. The number of benzene rings is 2. The molecule has 11 nitrogen and oxygen atoms in total. The second kappa shape index (κ2) is 7.67. The SMILES string of the molecule is O=C1c2c(O)cc(O)cc2C(O)(C2OC(CO)C(O)C(O)C2O)c2cc(CO)cc(O)c21. The molecule has 0 amide bonds. The standard InChI is InChI=1S/C21H22O11/c22-5-7-1-9-14(11(25)2-7)17(28)15-10(3-8(24)4-12(15)26)21(9,31)20-19(30)18(29)16(27)13(6-23)32-20/h1-4,13,16,18-20,22-27,29-31H,5-6H2. The highest BCUT2D eigenvalue weighted by Crippen LogP contribution is 2.51. The van der Waals surface area contributed by atoms with E-state index in [1.165, 1.54) is 6.07 Å². The van der Waals surface area contributed by atoms with Crippen LogP contribution in [-0.2, 0) is 16.9 Å². The van der Waals surface area contributed by atoms with E-state index < -0.39 is 89.1 Å². The number of rotatable bonds is 3. The van der Waals surface area contributed by atoms with Crippen LogP contribution in [0.15, 0.2) is 24.3 Å². The Bertz CT molecular complexity index is 1080. The first-order chi connectivity index (χ1) is 15.1. The predicted octanol–water partition coefficient (Wildman–Crippen LogP) is -2.08. The largest absolute Gasteiger partial charge is 0.508 e. The molecule has 6 atom stereocenters. The number of fused-ring (bicyclic) bond motifs is 2. The van der Waals surface area contributed by atoms with Gasteiger partial charge in [0.2, 0.25) is 5.78 Å². The van der Waals surface area contributed by atoms with Gasteiger partial charge in [-0.2, -0.15) is 0 Å². The Labute approximate surface area is 180 Å². The minimum atomic E-state index is -2.59. The molecule has 0 saturated carbocycles. The zero-order valence-electron chi connectivity index (χ0n) is 16.5. The molecule has 0 bridgehead atoms. The lowest BCUT2D eigenvalue weighted by Gasteiger charge is -2.49. The van der Waals surface area contributed by atoms with E-state index in [0.717, 1.165) is 18.2 Å². The number of phenols is 3. The van der Waals surface area contributed by atoms with Crippen molar-refractivity contribution in [3.05, 3.63) is 52.1 Å². The number of aromatic hydroxyl groups is 3. The molecule has 1 aliphatic carbocycles. The number of ether oxygens (including phenoxy) is 1. The Hall–Kier alpha value is -2.77. The molecule has 2 aromatic rings. The molecule has 2 aromatic carbocycles. The fourth-order valence-corrected chi connectivity index (χ4v) is 4.49. The van der Waals surface area contributed by atoms with Crippen molar-refractivity contribution < 1.29 is 55.5 Å². The van der Waals surface area contributed by atoms with Crippen molar-refractivity contribution in [3.8, 4) is 17.2 Å². The summed E-state index contributed by atoms with van der Waals surface area (Å²) in [6, 6.07) is 4.03. The molecule has 1 aliphatic heterocycles. The molecule has 9 N–H and O–H groups in total. The maximum atomic E-state index is 13.1. The average molecular weight is 450 g/mol.